The molecule has 1 fully saturated rings. The monoisotopic (exact) mass is 502 g/mol. The molecule has 3 aromatic rings. The van der Waals surface area contributed by atoms with Crippen molar-refractivity contribution < 1.29 is 27.5 Å². The average Bonchev–Trinajstić information content (AvgIpc) is 2.84. The first-order valence-corrected chi connectivity index (χ1v) is 11.7. The number of amides is 1. The van der Waals surface area contributed by atoms with Crippen molar-refractivity contribution in [2.45, 2.75) is 63.1 Å². The van der Waals surface area contributed by atoms with E-state index in [0.717, 1.165) is 0 Å². The number of rotatable bonds is 5. The summed E-state index contributed by atoms with van der Waals surface area (Å²) in [5.41, 5.74) is -1.47. The molecule has 0 atom stereocenters. The number of hydrogen-bond acceptors (Lipinski definition) is 5. The topological polar surface area (TPSA) is 88.0 Å². The number of carbonyl (C=O) groups excluding carboxylic acids is 1. The zero-order valence-electron chi connectivity index (χ0n) is 19.8. The van der Waals surface area contributed by atoms with Gasteiger partial charge in [-0.15, -0.1) is 0 Å². The van der Waals surface area contributed by atoms with Gasteiger partial charge in [0.25, 0.3) is 5.91 Å². The van der Waals surface area contributed by atoms with Crippen molar-refractivity contribution in [2.24, 2.45) is 0 Å². The summed E-state index contributed by atoms with van der Waals surface area (Å²) >= 11 is 0. The van der Waals surface area contributed by atoms with Gasteiger partial charge in [0.15, 0.2) is 5.60 Å². The maximum Gasteiger partial charge on any atom is 0.417 e. The predicted molar refractivity (Wildman–Crippen MR) is 126 cm³/mol. The number of alkyl halides is 3. The Bertz CT molecular complexity index is 1240. The SMILES string of the molecule is CC(C)c1ncc(C(=O)Nc2c(-c3ccccc3F)ccnc2C2CCC(O)(C(F)(F)F)CC2)cn1. The predicted octanol–water partition coefficient (Wildman–Crippen LogP) is 6.00. The van der Waals surface area contributed by atoms with Crippen LogP contribution in [0.5, 0.6) is 0 Å². The van der Waals surface area contributed by atoms with Crippen LogP contribution in [0.2, 0.25) is 0 Å². The molecule has 190 valence electrons. The van der Waals surface area contributed by atoms with Crippen LogP contribution < -0.4 is 5.32 Å². The van der Waals surface area contributed by atoms with Gasteiger partial charge in [-0.2, -0.15) is 13.2 Å². The highest BCUT2D eigenvalue weighted by atomic mass is 19.4. The lowest BCUT2D eigenvalue weighted by Gasteiger charge is -2.37. The molecular weight excluding hydrogens is 476 g/mol. The van der Waals surface area contributed by atoms with Gasteiger partial charge in [0, 0.05) is 41.6 Å². The normalized spacial score (nSPS) is 20.4. The number of anilines is 1. The highest BCUT2D eigenvalue weighted by molar-refractivity contribution is 6.06. The number of carbonyl (C=O) groups is 1. The van der Waals surface area contributed by atoms with Gasteiger partial charge in [0.05, 0.1) is 16.9 Å². The summed E-state index contributed by atoms with van der Waals surface area (Å²) in [5, 5.41) is 12.9. The van der Waals surface area contributed by atoms with Crippen molar-refractivity contribution in [2.75, 3.05) is 5.32 Å². The lowest BCUT2D eigenvalue weighted by Crippen LogP contribution is -2.47. The summed E-state index contributed by atoms with van der Waals surface area (Å²) in [6.45, 7) is 3.84. The minimum Gasteiger partial charge on any atom is -0.380 e. The van der Waals surface area contributed by atoms with E-state index in [9.17, 15) is 27.5 Å². The molecule has 1 aliphatic rings. The van der Waals surface area contributed by atoms with Crippen molar-refractivity contribution in [3.8, 4) is 11.1 Å². The standard InChI is InChI=1S/C26H26F4N4O2/c1-15(2)23-32-13-17(14-33-23)24(35)34-22-19(18-5-3-4-6-20(18)27)9-12-31-21(22)16-7-10-25(36,11-8-16)26(28,29)30/h3-6,9,12-16,36H,7-8,10-11H2,1-2H3,(H,34,35). The molecule has 6 nitrogen and oxygen atoms in total. The van der Waals surface area contributed by atoms with Gasteiger partial charge >= 0.3 is 6.18 Å². The highest BCUT2D eigenvalue weighted by Crippen LogP contribution is 2.47. The molecule has 0 unspecified atom stereocenters. The molecule has 36 heavy (non-hydrogen) atoms. The zero-order valence-corrected chi connectivity index (χ0v) is 19.8. The second-order valence-corrected chi connectivity index (χ2v) is 9.34. The Morgan fingerprint density at radius 1 is 1.06 bits per heavy atom. The third-order valence-corrected chi connectivity index (χ3v) is 6.56. The number of aromatic nitrogens is 3. The Morgan fingerprint density at radius 2 is 1.69 bits per heavy atom. The number of hydrogen-bond donors (Lipinski definition) is 2. The van der Waals surface area contributed by atoms with Gasteiger partial charge in [0.2, 0.25) is 0 Å². The molecule has 2 heterocycles. The van der Waals surface area contributed by atoms with Crippen LogP contribution in [-0.4, -0.2) is 37.7 Å². The smallest absolute Gasteiger partial charge is 0.380 e. The Labute approximate surface area is 205 Å². The highest BCUT2D eigenvalue weighted by Gasteiger charge is 2.55. The van der Waals surface area contributed by atoms with E-state index >= 15 is 0 Å². The summed E-state index contributed by atoms with van der Waals surface area (Å²) in [4.78, 5) is 25.9. The Hall–Kier alpha value is -3.40. The number of aliphatic hydroxyl groups is 1. The van der Waals surface area contributed by atoms with Crippen LogP contribution >= 0.6 is 0 Å². The molecule has 1 saturated carbocycles. The molecule has 1 aromatic carbocycles. The van der Waals surface area contributed by atoms with E-state index < -0.39 is 42.3 Å². The summed E-state index contributed by atoms with van der Waals surface area (Å²) in [6.07, 6.45) is -1.51. The summed E-state index contributed by atoms with van der Waals surface area (Å²) < 4.78 is 54.7. The Morgan fingerprint density at radius 3 is 2.28 bits per heavy atom. The van der Waals surface area contributed by atoms with Gasteiger partial charge in [-0.3, -0.25) is 9.78 Å². The molecular formula is C26H26F4N4O2. The maximum atomic E-state index is 14.7. The fourth-order valence-corrected chi connectivity index (χ4v) is 4.41. The molecule has 0 saturated heterocycles. The first-order chi connectivity index (χ1) is 17.0. The molecule has 0 radical (unpaired) electrons. The van der Waals surface area contributed by atoms with Gasteiger partial charge in [-0.25, -0.2) is 14.4 Å². The number of nitrogens with one attached hydrogen (secondary N) is 1. The molecule has 2 N–H and O–H groups in total. The second kappa shape index (κ2) is 9.93. The molecule has 1 amide bonds. The van der Waals surface area contributed by atoms with Crippen molar-refractivity contribution in [3.05, 3.63) is 71.8 Å². The van der Waals surface area contributed by atoms with Crippen LogP contribution in [0.3, 0.4) is 0 Å². The van der Waals surface area contributed by atoms with Crippen LogP contribution in [0.4, 0.5) is 23.2 Å². The Kier molecular flexibility index (Phi) is 7.08. The first kappa shape index (κ1) is 25.7. The molecule has 1 aliphatic carbocycles. The van der Waals surface area contributed by atoms with Crippen molar-refractivity contribution >= 4 is 11.6 Å². The number of halogens is 4. The summed E-state index contributed by atoms with van der Waals surface area (Å²) in [6, 6.07) is 7.56. The van der Waals surface area contributed by atoms with Crippen LogP contribution in [-0.2, 0) is 0 Å². The fraction of sp³-hybridized carbons (Fsp3) is 0.385. The van der Waals surface area contributed by atoms with E-state index in [1.165, 1.54) is 30.7 Å². The summed E-state index contributed by atoms with van der Waals surface area (Å²) in [7, 11) is 0. The van der Waals surface area contributed by atoms with Crippen LogP contribution in [0, 0.1) is 5.82 Å². The fourth-order valence-electron chi connectivity index (χ4n) is 4.41. The quantitative estimate of drug-likeness (QED) is 0.418. The largest absolute Gasteiger partial charge is 0.417 e. The van der Waals surface area contributed by atoms with E-state index in [4.69, 9.17) is 0 Å². The van der Waals surface area contributed by atoms with Crippen LogP contribution in [0.1, 0.15) is 73.2 Å². The van der Waals surface area contributed by atoms with Gasteiger partial charge in [-0.1, -0.05) is 32.0 Å². The summed E-state index contributed by atoms with van der Waals surface area (Å²) in [5.74, 6) is -0.916. The minimum absolute atomic E-state index is 0.00119. The molecule has 0 aliphatic heterocycles. The van der Waals surface area contributed by atoms with Crippen LogP contribution in [0.15, 0.2) is 48.9 Å². The van der Waals surface area contributed by atoms with E-state index in [-0.39, 0.29) is 35.6 Å². The second-order valence-electron chi connectivity index (χ2n) is 9.34. The van der Waals surface area contributed by atoms with Crippen LogP contribution in [0.25, 0.3) is 11.1 Å². The van der Waals surface area contributed by atoms with Crippen molar-refractivity contribution in [1.82, 2.24) is 15.0 Å². The van der Waals surface area contributed by atoms with Gasteiger partial charge in [0.1, 0.15) is 11.6 Å². The minimum atomic E-state index is -4.74. The van der Waals surface area contributed by atoms with Gasteiger partial charge < -0.3 is 10.4 Å². The third-order valence-electron chi connectivity index (χ3n) is 6.56. The lowest BCUT2D eigenvalue weighted by atomic mass is 9.76. The average molecular weight is 503 g/mol. The van der Waals surface area contributed by atoms with Gasteiger partial charge in [-0.05, 0) is 37.8 Å². The third kappa shape index (κ3) is 5.09. The van der Waals surface area contributed by atoms with E-state index in [1.54, 1.807) is 18.2 Å². The molecule has 2 aromatic heterocycles. The zero-order chi connectivity index (χ0) is 26.1. The first-order valence-electron chi connectivity index (χ1n) is 11.7. The maximum absolute atomic E-state index is 14.7. The number of benzene rings is 1. The molecule has 4 rings (SSSR count). The Balaban J connectivity index is 1.72. The molecule has 0 spiro atoms. The molecule has 10 heteroatoms. The molecule has 0 bridgehead atoms. The number of nitrogens with zero attached hydrogens (tertiary/aromatic N) is 3. The van der Waals surface area contributed by atoms with Crippen molar-refractivity contribution in [3.63, 3.8) is 0 Å². The number of pyridine rings is 1. The van der Waals surface area contributed by atoms with Crippen molar-refractivity contribution in [1.29, 1.82) is 0 Å². The van der Waals surface area contributed by atoms with E-state index in [1.807, 2.05) is 13.8 Å². The van der Waals surface area contributed by atoms with E-state index in [0.29, 0.717) is 17.1 Å². The van der Waals surface area contributed by atoms with E-state index in [2.05, 4.69) is 20.3 Å². The lowest BCUT2D eigenvalue weighted by molar-refractivity contribution is -0.270.